The number of rotatable bonds is 2. The molecule has 1 saturated heterocycles. The van der Waals surface area contributed by atoms with Crippen LogP contribution >= 0.6 is 0 Å². The fourth-order valence-corrected chi connectivity index (χ4v) is 4.95. The van der Waals surface area contributed by atoms with Crippen molar-refractivity contribution >= 4 is 0 Å². The van der Waals surface area contributed by atoms with Gasteiger partial charge >= 0.3 is 0 Å². The van der Waals surface area contributed by atoms with E-state index in [0.717, 1.165) is 29.8 Å². The van der Waals surface area contributed by atoms with Crippen LogP contribution in [-0.2, 0) is 0 Å². The van der Waals surface area contributed by atoms with Crippen LogP contribution in [0.3, 0.4) is 0 Å². The van der Waals surface area contributed by atoms with E-state index in [4.69, 9.17) is 0 Å². The zero-order valence-corrected chi connectivity index (χ0v) is 11.5. The maximum atomic E-state index is 4.03. The molecule has 0 aromatic rings. The largest absolute Gasteiger partial charge is 0.311 e. The molecule has 0 amide bonds. The van der Waals surface area contributed by atoms with Crippen molar-refractivity contribution in [3.8, 4) is 0 Å². The topological polar surface area (TPSA) is 12.0 Å². The van der Waals surface area contributed by atoms with E-state index in [9.17, 15) is 0 Å². The van der Waals surface area contributed by atoms with Gasteiger partial charge in [-0.3, -0.25) is 0 Å². The molecule has 1 aliphatic heterocycles. The van der Waals surface area contributed by atoms with E-state index in [2.05, 4.69) is 12.2 Å². The molecule has 2 saturated carbocycles. The number of fused-ring (bicyclic) bond motifs is 1. The van der Waals surface area contributed by atoms with Gasteiger partial charge < -0.3 is 5.32 Å². The molecule has 0 radical (unpaired) electrons. The van der Waals surface area contributed by atoms with E-state index >= 15 is 0 Å². The molecular weight excluding hydrogens is 206 g/mol. The van der Waals surface area contributed by atoms with Gasteiger partial charge in [-0.1, -0.05) is 45.4 Å². The first-order valence-electron chi connectivity index (χ1n) is 8.14. The van der Waals surface area contributed by atoms with Crippen LogP contribution in [0.25, 0.3) is 0 Å². The second-order valence-corrected chi connectivity index (χ2v) is 6.78. The summed E-state index contributed by atoms with van der Waals surface area (Å²) in [5.41, 5.74) is 0. The molecule has 17 heavy (non-hydrogen) atoms. The van der Waals surface area contributed by atoms with E-state index in [-0.39, 0.29) is 0 Å². The van der Waals surface area contributed by atoms with Crippen LogP contribution in [0.4, 0.5) is 0 Å². The van der Waals surface area contributed by atoms with Crippen molar-refractivity contribution in [3.63, 3.8) is 0 Å². The fourth-order valence-electron chi connectivity index (χ4n) is 4.95. The Morgan fingerprint density at radius 3 is 2.47 bits per heavy atom. The number of hydrogen-bond acceptors (Lipinski definition) is 1. The lowest BCUT2D eigenvalue weighted by Gasteiger charge is -2.35. The molecule has 0 aromatic carbocycles. The molecule has 1 heteroatoms. The lowest BCUT2D eigenvalue weighted by Crippen LogP contribution is -2.40. The Morgan fingerprint density at radius 1 is 0.882 bits per heavy atom. The van der Waals surface area contributed by atoms with E-state index in [1.807, 2.05) is 0 Å². The van der Waals surface area contributed by atoms with Gasteiger partial charge in [0.05, 0.1) is 0 Å². The smallest absolute Gasteiger partial charge is 0.0104 e. The summed E-state index contributed by atoms with van der Waals surface area (Å²) in [6.07, 6.45) is 14.9. The van der Waals surface area contributed by atoms with Crippen molar-refractivity contribution in [1.82, 2.24) is 5.32 Å². The molecule has 98 valence electrons. The van der Waals surface area contributed by atoms with Crippen LogP contribution in [-0.4, -0.2) is 12.1 Å². The number of nitrogens with one attached hydrogen (secondary N) is 1. The average molecular weight is 235 g/mol. The van der Waals surface area contributed by atoms with Crippen molar-refractivity contribution in [3.05, 3.63) is 0 Å². The maximum absolute atomic E-state index is 4.03. The Hall–Kier alpha value is -0.0400. The normalized spacial score (nSPS) is 46.8. The first kappa shape index (κ1) is 12.0. The van der Waals surface area contributed by atoms with Crippen LogP contribution in [0, 0.1) is 17.8 Å². The lowest BCUT2D eigenvalue weighted by molar-refractivity contribution is 0.181. The van der Waals surface area contributed by atoms with Crippen molar-refractivity contribution in [2.75, 3.05) is 0 Å². The molecule has 1 heterocycles. The van der Waals surface area contributed by atoms with Crippen molar-refractivity contribution in [1.29, 1.82) is 0 Å². The van der Waals surface area contributed by atoms with E-state index in [1.165, 1.54) is 64.2 Å². The van der Waals surface area contributed by atoms with Gasteiger partial charge in [0.1, 0.15) is 0 Å². The van der Waals surface area contributed by atoms with Gasteiger partial charge in [-0.05, 0) is 43.4 Å². The SMILES string of the molecule is CC[C@H]1CCCCC1C1C[C@@H]2CCCCC2N1. The minimum absolute atomic E-state index is 0.883. The summed E-state index contributed by atoms with van der Waals surface area (Å²) in [5, 5.41) is 4.03. The van der Waals surface area contributed by atoms with Gasteiger partial charge in [-0.25, -0.2) is 0 Å². The molecule has 3 fully saturated rings. The summed E-state index contributed by atoms with van der Waals surface area (Å²) >= 11 is 0. The highest BCUT2D eigenvalue weighted by atomic mass is 15.0. The minimum atomic E-state index is 0.883. The molecule has 1 N–H and O–H groups in total. The summed E-state index contributed by atoms with van der Waals surface area (Å²) in [5.74, 6) is 3.08. The Kier molecular flexibility index (Phi) is 3.75. The molecule has 0 aromatic heterocycles. The first-order valence-corrected chi connectivity index (χ1v) is 8.14. The standard InChI is InChI=1S/C16H29N/c1-2-12-7-3-5-9-14(12)16-11-13-8-4-6-10-15(13)17-16/h12-17H,2-11H2,1H3/t12-,13-,14?,15?,16?/m0/s1. The molecule has 3 aliphatic rings. The van der Waals surface area contributed by atoms with Gasteiger partial charge in [-0.2, -0.15) is 0 Å². The van der Waals surface area contributed by atoms with Crippen LogP contribution in [0.1, 0.15) is 71.1 Å². The molecule has 0 spiro atoms. The minimum Gasteiger partial charge on any atom is -0.311 e. The molecule has 3 rings (SSSR count). The molecular formula is C16H29N. The highest BCUT2D eigenvalue weighted by Gasteiger charge is 2.40. The third-order valence-corrected chi connectivity index (χ3v) is 5.90. The Balaban J connectivity index is 1.63. The first-order chi connectivity index (χ1) is 8.38. The van der Waals surface area contributed by atoms with Crippen molar-refractivity contribution < 1.29 is 0 Å². The lowest BCUT2D eigenvalue weighted by atomic mass is 9.73. The molecule has 5 atom stereocenters. The Bertz CT molecular complexity index is 236. The zero-order chi connectivity index (χ0) is 11.7. The summed E-state index contributed by atoms with van der Waals surface area (Å²) in [6, 6.07) is 1.78. The van der Waals surface area contributed by atoms with Gasteiger partial charge in [-0.15, -0.1) is 0 Å². The Morgan fingerprint density at radius 2 is 1.65 bits per heavy atom. The van der Waals surface area contributed by atoms with Crippen LogP contribution in [0.5, 0.6) is 0 Å². The summed E-state index contributed by atoms with van der Waals surface area (Å²) in [7, 11) is 0. The van der Waals surface area contributed by atoms with Crippen LogP contribution < -0.4 is 5.32 Å². The van der Waals surface area contributed by atoms with E-state index in [0.29, 0.717) is 0 Å². The molecule has 0 bridgehead atoms. The summed E-state index contributed by atoms with van der Waals surface area (Å²) in [6.45, 7) is 2.41. The van der Waals surface area contributed by atoms with E-state index in [1.54, 1.807) is 0 Å². The van der Waals surface area contributed by atoms with Crippen molar-refractivity contribution in [2.45, 2.75) is 83.2 Å². The Labute approximate surface area is 107 Å². The predicted octanol–water partition coefficient (Wildman–Crippen LogP) is 4.12. The second-order valence-electron chi connectivity index (χ2n) is 6.78. The third kappa shape index (κ3) is 2.41. The number of hydrogen-bond donors (Lipinski definition) is 1. The zero-order valence-electron chi connectivity index (χ0n) is 11.5. The highest BCUT2D eigenvalue weighted by molar-refractivity contribution is 4.97. The quantitative estimate of drug-likeness (QED) is 0.759. The fraction of sp³-hybridized carbons (Fsp3) is 1.00. The molecule has 2 aliphatic carbocycles. The van der Waals surface area contributed by atoms with Gasteiger partial charge in [0.2, 0.25) is 0 Å². The van der Waals surface area contributed by atoms with E-state index < -0.39 is 0 Å². The maximum Gasteiger partial charge on any atom is 0.0104 e. The van der Waals surface area contributed by atoms with Gasteiger partial charge in [0, 0.05) is 12.1 Å². The molecule has 3 unspecified atom stereocenters. The average Bonchev–Trinajstić information content (AvgIpc) is 2.82. The summed E-state index contributed by atoms with van der Waals surface area (Å²) < 4.78 is 0. The van der Waals surface area contributed by atoms with Crippen LogP contribution in [0.2, 0.25) is 0 Å². The molecule has 1 nitrogen and oxygen atoms in total. The summed E-state index contributed by atoms with van der Waals surface area (Å²) in [4.78, 5) is 0. The second kappa shape index (κ2) is 5.30. The predicted molar refractivity (Wildman–Crippen MR) is 73.0 cm³/mol. The third-order valence-electron chi connectivity index (χ3n) is 5.90. The highest BCUT2D eigenvalue weighted by Crippen LogP contribution is 2.42. The van der Waals surface area contributed by atoms with Crippen molar-refractivity contribution in [2.24, 2.45) is 17.8 Å². The van der Waals surface area contributed by atoms with Gasteiger partial charge in [0.15, 0.2) is 0 Å². The monoisotopic (exact) mass is 235 g/mol. The van der Waals surface area contributed by atoms with Crippen LogP contribution in [0.15, 0.2) is 0 Å². The van der Waals surface area contributed by atoms with Gasteiger partial charge in [0.25, 0.3) is 0 Å².